The molecule has 0 radical (unpaired) electrons. The highest BCUT2D eigenvalue weighted by Crippen LogP contribution is 2.23. The summed E-state index contributed by atoms with van der Waals surface area (Å²) in [5.74, 6) is 0.887. The van der Waals surface area contributed by atoms with Gasteiger partial charge in [0.15, 0.2) is 0 Å². The molecule has 1 heterocycles. The van der Waals surface area contributed by atoms with Crippen LogP contribution in [0.4, 0.5) is 0 Å². The number of allylic oxidation sites excluding steroid dienone is 3. The molecular formula is C31H42N2. The predicted octanol–water partition coefficient (Wildman–Crippen LogP) is 7.53. The van der Waals surface area contributed by atoms with Gasteiger partial charge in [-0.25, -0.2) is 0 Å². The van der Waals surface area contributed by atoms with Crippen LogP contribution in [0, 0.1) is 19.8 Å². The van der Waals surface area contributed by atoms with E-state index in [9.17, 15) is 0 Å². The number of benzene rings is 2. The topological polar surface area (TPSA) is 15.3 Å². The van der Waals surface area contributed by atoms with Crippen LogP contribution in [0.25, 0.3) is 11.8 Å². The van der Waals surface area contributed by atoms with Gasteiger partial charge in [-0.2, -0.15) is 0 Å². The zero-order valence-electron chi connectivity index (χ0n) is 21.1. The summed E-state index contributed by atoms with van der Waals surface area (Å²) in [4.78, 5) is 2.59. The summed E-state index contributed by atoms with van der Waals surface area (Å²) in [6.45, 7) is 16.4. The lowest BCUT2D eigenvalue weighted by Crippen LogP contribution is -2.25. The molecular weight excluding hydrogens is 400 g/mol. The van der Waals surface area contributed by atoms with Gasteiger partial charge in [0.1, 0.15) is 0 Å². The first-order valence-corrected chi connectivity index (χ1v) is 12.6. The van der Waals surface area contributed by atoms with Crippen molar-refractivity contribution in [1.29, 1.82) is 0 Å². The second-order valence-electron chi connectivity index (χ2n) is 9.66. The molecule has 0 spiro atoms. The van der Waals surface area contributed by atoms with Gasteiger partial charge in [-0.3, -0.25) is 4.90 Å². The van der Waals surface area contributed by atoms with Gasteiger partial charge in [0.05, 0.1) is 0 Å². The van der Waals surface area contributed by atoms with E-state index in [0.717, 1.165) is 25.3 Å². The average molecular weight is 443 g/mol. The third kappa shape index (κ3) is 7.47. The Morgan fingerprint density at radius 3 is 2.52 bits per heavy atom. The minimum absolute atomic E-state index is 0.388. The van der Waals surface area contributed by atoms with Crippen LogP contribution in [0.1, 0.15) is 67.3 Å². The second-order valence-corrected chi connectivity index (χ2v) is 9.66. The summed E-state index contributed by atoms with van der Waals surface area (Å²) in [6.07, 6.45) is 13.4. The monoisotopic (exact) mass is 442 g/mol. The maximum atomic E-state index is 3.87. The molecule has 2 atom stereocenters. The van der Waals surface area contributed by atoms with Crippen LogP contribution in [0.15, 0.2) is 67.3 Å². The number of likely N-dealkylation sites (tertiary alicyclic amines) is 1. The first-order chi connectivity index (χ1) is 16.0. The summed E-state index contributed by atoms with van der Waals surface area (Å²) in [5, 5.41) is 3.75. The van der Waals surface area contributed by atoms with Gasteiger partial charge in [0.25, 0.3) is 0 Å². The summed E-state index contributed by atoms with van der Waals surface area (Å²) >= 11 is 0. The fourth-order valence-corrected chi connectivity index (χ4v) is 4.79. The minimum Gasteiger partial charge on any atom is -0.382 e. The van der Waals surface area contributed by atoms with E-state index in [2.05, 4.69) is 105 Å². The highest BCUT2D eigenvalue weighted by atomic mass is 15.1. The van der Waals surface area contributed by atoms with E-state index in [0.29, 0.717) is 6.04 Å². The van der Waals surface area contributed by atoms with Crippen molar-refractivity contribution in [3.05, 3.63) is 95.1 Å². The molecule has 2 aromatic carbocycles. The van der Waals surface area contributed by atoms with Gasteiger partial charge in [-0.15, -0.1) is 6.58 Å². The average Bonchev–Trinajstić information content (AvgIpc) is 3.26. The molecule has 0 bridgehead atoms. The number of hydrogen-bond donors (Lipinski definition) is 1. The van der Waals surface area contributed by atoms with Crippen LogP contribution in [0.2, 0.25) is 0 Å². The molecule has 1 N–H and O–H groups in total. The van der Waals surface area contributed by atoms with Crippen molar-refractivity contribution in [2.75, 3.05) is 13.1 Å². The van der Waals surface area contributed by atoms with Gasteiger partial charge in [0, 0.05) is 30.4 Å². The van der Waals surface area contributed by atoms with Gasteiger partial charge in [-0.05, 0) is 80.8 Å². The fourth-order valence-electron chi connectivity index (χ4n) is 4.79. The Kier molecular flexibility index (Phi) is 9.57. The first-order valence-electron chi connectivity index (χ1n) is 12.6. The van der Waals surface area contributed by atoms with E-state index in [1.165, 1.54) is 59.4 Å². The quantitative estimate of drug-likeness (QED) is 0.286. The van der Waals surface area contributed by atoms with Crippen LogP contribution in [0.3, 0.4) is 0 Å². The summed E-state index contributed by atoms with van der Waals surface area (Å²) in [6, 6.07) is 16.0. The first kappa shape index (κ1) is 25.1. The van der Waals surface area contributed by atoms with Crippen LogP contribution in [-0.4, -0.2) is 24.0 Å². The lowest BCUT2D eigenvalue weighted by atomic mass is 9.98. The molecule has 33 heavy (non-hydrogen) atoms. The number of nitrogens with zero attached hydrogens (tertiary/aromatic N) is 1. The SMILES string of the molecule is C=CCCC(C)N/C(=C/C=Cc1ccc(CN2CCC(CC)C2)cc1)c1c(C)cccc1C. The largest absolute Gasteiger partial charge is 0.382 e. The predicted molar refractivity (Wildman–Crippen MR) is 145 cm³/mol. The smallest absolute Gasteiger partial charge is 0.0421 e. The molecule has 0 aliphatic carbocycles. The highest BCUT2D eigenvalue weighted by Gasteiger charge is 2.20. The Hall–Kier alpha value is -2.58. The van der Waals surface area contributed by atoms with Gasteiger partial charge >= 0.3 is 0 Å². The Labute approximate surface area is 202 Å². The lowest BCUT2D eigenvalue weighted by Gasteiger charge is -2.20. The van der Waals surface area contributed by atoms with Crippen LogP contribution in [0.5, 0.6) is 0 Å². The van der Waals surface area contributed by atoms with Gasteiger partial charge in [0.2, 0.25) is 0 Å². The maximum absolute atomic E-state index is 3.87. The Bertz CT molecular complexity index is 931. The van der Waals surface area contributed by atoms with Crippen LogP contribution in [-0.2, 0) is 6.54 Å². The minimum atomic E-state index is 0.388. The fraction of sp³-hybridized carbons (Fsp3) is 0.419. The Morgan fingerprint density at radius 2 is 1.88 bits per heavy atom. The molecule has 2 aromatic rings. The lowest BCUT2D eigenvalue weighted by molar-refractivity contribution is 0.315. The molecule has 2 nitrogen and oxygen atoms in total. The van der Waals surface area contributed by atoms with Crippen molar-refractivity contribution < 1.29 is 0 Å². The standard InChI is InChI=1S/C31H42N2/c1-6-8-13-26(5)32-30(31-24(3)11-9-12-25(31)4)15-10-14-28-16-18-29(19-17-28)23-33-21-20-27(7-2)22-33/h6,9-12,14-19,26-27,32H,1,7-8,13,20-23H2,2-5H3/b14-10?,30-15+. The number of nitrogens with one attached hydrogen (secondary N) is 1. The van der Waals surface area contributed by atoms with E-state index in [1.807, 2.05) is 6.08 Å². The van der Waals surface area contributed by atoms with Gasteiger partial charge < -0.3 is 5.32 Å². The summed E-state index contributed by atoms with van der Waals surface area (Å²) in [5.41, 5.74) is 7.74. The number of hydrogen-bond acceptors (Lipinski definition) is 2. The molecule has 0 amide bonds. The molecule has 3 rings (SSSR count). The Morgan fingerprint density at radius 1 is 1.15 bits per heavy atom. The van der Waals surface area contributed by atoms with Crippen LogP contribution < -0.4 is 5.32 Å². The number of aryl methyl sites for hydroxylation is 2. The molecule has 2 heteroatoms. The van der Waals surface area contributed by atoms with E-state index in [4.69, 9.17) is 0 Å². The van der Waals surface area contributed by atoms with Crippen LogP contribution >= 0.6 is 0 Å². The molecule has 0 aromatic heterocycles. The summed E-state index contributed by atoms with van der Waals surface area (Å²) in [7, 11) is 0. The molecule has 176 valence electrons. The number of rotatable bonds is 11. The molecule has 1 aliphatic rings. The molecule has 1 fully saturated rings. The van der Waals surface area contributed by atoms with Crippen molar-refractivity contribution in [2.45, 2.75) is 66.0 Å². The van der Waals surface area contributed by atoms with E-state index >= 15 is 0 Å². The Balaban J connectivity index is 1.71. The second kappa shape index (κ2) is 12.6. The zero-order chi connectivity index (χ0) is 23.6. The molecule has 0 saturated carbocycles. The van der Waals surface area contributed by atoms with Crippen molar-refractivity contribution >= 4 is 11.8 Å². The third-order valence-electron chi connectivity index (χ3n) is 6.84. The van der Waals surface area contributed by atoms with Gasteiger partial charge in [-0.1, -0.05) is 74.0 Å². The van der Waals surface area contributed by atoms with E-state index in [-0.39, 0.29) is 0 Å². The van der Waals surface area contributed by atoms with Crippen molar-refractivity contribution in [3.8, 4) is 0 Å². The molecule has 1 aliphatic heterocycles. The van der Waals surface area contributed by atoms with Crippen molar-refractivity contribution in [1.82, 2.24) is 10.2 Å². The van der Waals surface area contributed by atoms with Crippen molar-refractivity contribution in [3.63, 3.8) is 0 Å². The van der Waals surface area contributed by atoms with E-state index < -0.39 is 0 Å². The third-order valence-corrected chi connectivity index (χ3v) is 6.84. The summed E-state index contributed by atoms with van der Waals surface area (Å²) < 4.78 is 0. The molecule has 2 unspecified atom stereocenters. The van der Waals surface area contributed by atoms with E-state index in [1.54, 1.807) is 0 Å². The maximum Gasteiger partial charge on any atom is 0.0421 e. The highest BCUT2D eigenvalue weighted by molar-refractivity contribution is 5.72. The normalized spacial score (nSPS) is 18.1. The molecule has 1 saturated heterocycles. The van der Waals surface area contributed by atoms with Crippen molar-refractivity contribution in [2.24, 2.45) is 5.92 Å². The zero-order valence-corrected chi connectivity index (χ0v) is 21.1.